The van der Waals surface area contributed by atoms with Gasteiger partial charge < -0.3 is 19.3 Å². The molecule has 6 rings (SSSR count). The predicted molar refractivity (Wildman–Crippen MR) is 142 cm³/mol. The molecular weight excluding hydrogens is 452 g/mol. The van der Waals surface area contributed by atoms with Crippen molar-refractivity contribution in [1.29, 1.82) is 0 Å². The molecule has 5 heterocycles. The molecule has 0 amide bonds. The molecule has 0 spiro atoms. The highest BCUT2D eigenvalue weighted by Gasteiger charge is 2.26. The largest absolute Gasteiger partial charge is 0.478 e. The molecule has 2 aliphatic heterocycles. The predicted octanol–water partition coefficient (Wildman–Crippen LogP) is 4.34. The fourth-order valence-corrected chi connectivity index (χ4v) is 5.30. The summed E-state index contributed by atoms with van der Waals surface area (Å²) in [4.78, 5) is 19.1. The van der Waals surface area contributed by atoms with Crippen LogP contribution < -0.4 is 9.64 Å². The number of morpholine rings is 1. The average Bonchev–Trinajstić information content (AvgIpc) is 3.19. The van der Waals surface area contributed by atoms with Crippen molar-refractivity contribution in [2.45, 2.75) is 45.8 Å². The highest BCUT2D eigenvalue weighted by molar-refractivity contribution is 5.85. The number of hydrogen-bond acceptors (Lipinski definition) is 7. The molecular formula is C28H34N6O2. The van der Waals surface area contributed by atoms with Gasteiger partial charge in [0, 0.05) is 37.5 Å². The van der Waals surface area contributed by atoms with Crippen LogP contribution in [0.25, 0.3) is 27.7 Å². The molecule has 4 aromatic rings. The molecule has 0 saturated carbocycles. The zero-order chi connectivity index (χ0) is 24.6. The van der Waals surface area contributed by atoms with Crippen molar-refractivity contribution in [3.8, 4) is 17.0 Å². The van der Waals surface area contributed by atoms with Crippen LogP contribution in [0, 0.1) is 6.92 Å². The van der Waals surface area contributed by atoms with E-state index < -0.39 is 0 Å². The van der Waals surface area contributed by atoms with E-state index in [1.54, 1.807) is 0 Å². The third-order valence-corrected chi connectivity index (χ3v) is 7.21. The lowest BCUT2D eigenvalue weighted by atomic mass is 10.1. The Morgan fingerprint density at radius 1 is 0.972 bits per heavy atom. The van der Waals surface area contributed by atoms with Crippen LogP contribution in [-0.2, 0) is 4.74 Å². The number of aryl methyl sites for hydroxylation is 1. The van der Waals surface area contributed by atoms with Gasteiger partial charge in [-0.25, -0.2) is 9.97 Å². The first-order valence-electron chi connectivity index (χ1n) is 13.0. The van der Waals surface area contributed by atoms with Gasteiger partial charge in [-0.1, -0.05) is 6.07 Å². The van der Waals surface area contributed by atoms with Crippen LogP contribution in [0.15, 0.2) is 42.7 Å². The number of likely N-dealkylation sites (tertiary alicyclic amines) is 1. The Bertz CT molecular complexity index is 1350. The van der Waals surface area contributed by atoms with Crippen LogP contribution in [-0.4, -0.2) is 75.8 Å². The molecule has 0 N–H and O–H groups in total. The van der Waals surface area contributed by atoms with Crippen LogP contribution >= 0.6 is 0 Å². The summed E-state index contributed by atoms with van der Waals surface area (Å²) in [5, 5.41) is 0. The maximum atomic E-state index is 5.97. The molecule has 1 aromatic carbocycles. The normalized spacial score (nSPS) is 20.7. The van der Waals surface area contributed by atoms with Gasteiger partial charge in [0.2, 0.25) is 11.8 Å². The summed E-state index contributed by atoms with van der Waals surface area (Å²) in [6.45, 7) is 12.2. The molecule has 2 atom stereocenters. The van der Waals surface area contributed by atoms with Gasteiger partial charge in [-0.2, -0.15) is 0 Å². The Balaban J connectivity index is 1.28. The monoisotopic (exact) mass is 486 g/mol. The summed E-state index contributed by atoms with van der Waals surface area (Å²) in [5.41, 5.74) is 6.13. The maximum Gasteiger partial charge on any atom is 0.213 e. The lowest BCUT2D eigenvalue weighted by molar-refractivity contribution is -0.00573. The van der Waals surface area contributed by atoms with Gasteiger partial charge >= 0.3 is 0 Å². The second-order valence-electron chi connectivity index (χ2n) is 10.1. The molecule has 8 heteroatoms. The zero-order valence-corrected chi connectivity index (χ0v) is 21.4. The van der Waals surface area contributed by atoms with Crippen molar-refractivity contribution in [3.05, 3.63) is 48.4 Å². The second kappa shape index (κ2) is 9.67. The molecule has 0 unspecified atom stereocenters. The number of aromatic nitrogens is 4. The summed E-state index contributed by atoms with van der Waals surface area (Å²) in [7, 11) is 0. The molecule has 8 nitrogen and oxygen atoms in total. The first-order chi connectivity index (χ1) is 17.5. The van der Waals surface area contributed by atoms with E-state index in [0.717, 1.165) is 65.4 Å². The standard InChI is InChI=1S/C28H34N6O2/c1-19-17-33(18-20(2)36-19)28-31-21(3)26-16-29-24-8-6-22(14-25(24)34(26)28)23-7-9-27(30-15-23)35-13-5-12-32-10-4-11-32/h6-9,14-16,19-20H,4-5,10-13,17-18H2,1-3H3/t19-,20+. The van der Waals surface area contributed by atoms with Gasteiger partial charge in [0.05, 0.1) is 47.3 Å². The summed E-state index contributed by atoms with van der Waals surface area (Å²) in [6.07, 6.45) is 6.50. The molecule has 0 bridgehead atoms. The van der Waals surface area contributed by atoms with Gasteiger partial charge in [0.25, 0.3) is 0 Å². The average molecular weight is 487 g/mol. The minimum Gasteiger partial charge on any atom is -0.478 e. The van der Waals surface area contributed by atoms with Gasteiger partial charge in [-0.3, -0.25) is 9.38 Å². The summed E-state index contributed by atoms with van der Waals surface area (Å²) in [6, 6.07) is 10.4. The van der Waals surface area contributed by atoms with Gasteiger partial charge in [-0.05, 0) is 70.5 Å². The Kier molecular flexibility index (Phi) is 6.23. The highest BCUT2D eigenvalue weighted by Crippen LogP contribution is 2.30. The lowest BCUT2D eigenvalue weighted by Crippen LogP contribution is -2.46. The van der Waals surface area contributed by atoms with E-state index in [0.29, 0.717) is 12.5 Å². The second-order valence-corrected chi connectivity index (χ2v) is 10.1. The maximum absolute atomic E-state index is 5.97. The van der Waals surface area contributed by atoms with Crippen molar-refractivity contribution in [1.82, 2.24) is 24.3 Å². The number of pyridine rings is 1. The van der Waals surface area contributed by atoms with Crippen molar-refractivity contribution in [2.24, 2.45) is 0 Å². The van der Waals surface area contributed by atoms with E-state index in [4.69, 9.17) is 19.4 Å². The fraction of sp³-hybridized carbons (Fsp3) is 0.464. The Hall–Kier alpha value is -3.23. The third-order valence-electron chi connectivity index (χ3n) is 7.21. The van der Waals surface area contributed by atoms with Crippen molar-refractivity contribution >= 4 is 22.5 Å². The van der Waals surface area contributed by atoms with Gasteiger partial charge in [-0.15, -0.1) is 0 Å². The topological polar surface area (TPSA) is 68.0 Å². The highest BCUT2D eigenvalue weighted by atomic mass is 16.5. The quantitative estimate of drug-likeness (QED) is 0.360. The minimum atomic E-state index is 0.160. The summed E-state index contributed by atoms with van der Waals surface area (Å²) < 4.78 is 14.1. The smallest absolute Gasteiger partial charge is 0.213 e. The summed E-state index contributed by atoms with van der Waals surface area (Å²) >= 11 is 0. The van der Waals surface area contributed by atoms with Gasteiger partial charge in [0.15, 0.2) is 0 Å². The van der Waals surface area contributed by atoms with Crippen molar-refractivity contribution in [2.75, 3.05) is 44.2 Å². The van der Waals surface area contributed by atoms with E-state index in [2.05, 4.69) is 64.2 Å². The first-order valence-corrected chi connectivity index (χ1v) is 13.0. The Morgan fingerprint density at radius 3 is 2.50 bits per heavy atom. The fourth-order valence-electron chi connectivity index (χ4n) is 5.30. The SMILES string of the molecule is Cc1nc(N2C[C@@H](C)O[C@@H](C)C2)n2c1cnc1ccc(-c3ccc(OCCCN4CCC4)nc3)cc12. The van der Waals surface area contributed by atoms with Crippen LogP contribution in [0.4, 0.5) is 5.95 Å². The molecule has 36 heavy (non-hydrogen) atoms. The number of benzene rings is 1. The van der Waals surface area contributed by atoms with Crippen LogP contribution in [0.1, 0.15) is 32.4 Å². The minimum absolute atomic E-state index is 0.160. The molecule has 2 fully saturated rings. The molecule has 3 aromatic heterocycles. The number of ether oxygens (including phenoxy) is 2. The number of nitrogens with zero attached hydrogens (tertiary/aromatic N) is 6. The number of hydrogen-bond donors (Lipinski definition) is 0. The Morgan fingerprint density at radius 2 is 1.78 bits per heavy atom. The van der Waals surface area contributed by atoms with Gasteiger partial charge in [0.1, 0.15) is 0 Å². The number of imidazole rings is 1. The lowest BCUT2D eigenvalue weighted by Gasteiger charge is -2.35. The number of rotatable bonds is 7. The molecule has 0 aliphatic carbocycles. The van der Waals surface area contributed by atoms with Crippen molar-refractivity contribution in [3.63, 3.8) is 0 Å². The van der Waals surface area contributed by atoms with E-state index in [-0.39, 0.29) is 12.2 Å². The van der Waals surface area contributed by atoms with E-state index in [1.807, 2.05) is 18.5 Å². The number of fused-ring (bicyclic) bond motifs is 3. The third kappa shape index (κ3) is 4.51. The van der Waals surface area contributed by atoms with E-state index in [1.165, 1.54) is 19.5 Å². The van der Waals surface area contributed by atoms with E-state index >= 15 is 0 Å². The van der Waals surface area contributed by atoms with Crippen LogP contribution in [0.3, 0.4) is 0 Å². The summed E-state index contributed by atoms with van der Waals surface area (Å²) in [5.74, 6) is 1.63. The van der Waals surface area contributed by atoms with Crippen LogP contribution in [0.5, 0.6) is 5.88 Å². The Labute approximate surface area is 211 Å². The van der Waals surface area contributed by atoms with E-state index in [9.17, 15) is 0 Å². The van der Waals surface area contributed by atoms with Crippen molar-refractivity contribution < 1.29 is 9.47 Å². The zero-order valence-electron chi connectivity index (χ0n) is 21.4. The molecule has 2 aliphatic rings. The number of anilines is 1. The molecule has 0 radical (unpaired) electrons. The first kappa shape index (κ1) is 23.2. The van der Waals surface area contributed by atoms with Crippen LogP contribution in [0.2, 0.25) is 0 Å². The molecule has 188 valence electrons. The molecule has 2 saturated heterocycles.